The molecule has 4 rings (SSSR count). The number of aromatic nitrogens is 2. The van der Waals surface area contributed by atoms with E-state index in [9.17, 15) is 4.79 Å². The number of nitrogens with zero attached hydrogens (tertiary/aromatic N) is 2. The molecule has 1 aliphatic rings. The zero-order valence-corrected chi connectivity index (χ0v) is 12.6. The van der Waals surface area contributed by atoms with Crippen molar-refractivity contribution in [3.8, 4) is 11.3 Å². The molecule has 0 radical (unpaired) electrons. The number of H-pyrrole nitrogens is 1. The van der Waals surface area contributed by atoms with Crippen molar-refractivity contribution < 1.29 is 0 Å². The van der Waals surface area contributed by atoms with Crippen LogP contribution in [0.5, 0.6) is 0 Å². The lowest BCUT2D eigenvalue weighted by atomic mass is 9.97. The molecule has 1 aliphatic heterocycles. The molecule has 4 nitrogen and oxygen atoms in total. The zero-order chi connectivity index (χ0) is 15.1. The van der Waals surface area contributed by atoms with Gasteiger partial charge < -0.3 is 14.3 Å². The van der Waals surface area contributed by atoms with Crippen LogP contribution in [0.15, 0.2) is 53.6 Å². The van der Waals surface area contributed by atoms with Crippen molar-refractivity contribution in [2.75, 3.05) is 20.1 Å². The van der Waals surface area contributed by atoms with Crippen LogP contribution in [0.25, 0.3) is 16.8 Å². The molecular weight excluding hydrogens is 274 g/mol. The number of likely N-dealkylation sites (N-methyl/N-ethyl adjacent to an activating group) is 1. The average molecular weight is 293 g/mol. The molecule has 0 spiro atoms. The first-order valence-electron chi connectivity index (χ1n) is 7.69. The summed E-state index contributed by atoms with van der Waals surface area (Å²) in [5.74, 6) is 0.630. The summed E-state index contributed by atoms with van der Waals surface area (Å²) in [5.41, 5.74) is 3.91. The van der Waals surface area contributed by atoms with Gasteiger partial charge in [-0.15, -0.1) is 0 Å². The van der Waals surface area contributed by atoms with Crippen LogP contribution in [0.2, 0.25) is 0 Å². The van der Waals surface area contributed by atoms with Gasteiger partial charge in [-0.1, -0.05) is 24.3 Å². The number of rotatable bonds is 2. The third-order valence-electron chi connectivity index (χ3n) is 4.61. The summed E-state index contributed by atoms with van der Waals surface area (Å²) in [6.07, 6.45) is 5.09. The van der Waals surface area contributed by atoms with Gasteiger partial charge in [0, 0.05) is 18.9 Å². The van der Waals surface area contributed by atoms with E-state index < -0.39 is 0 Å². The Bertz CT molecular complexity index is 860. The fourth-order valence-corrected chi connectivity index (χ4v) is 3.35. The van der Waals surface area contributed by atoms with Gasteiger partial charge in [-0.2, -0.15) is 0 Å². The van der Waals surface area contributed by atoms with Gasteiger partial charge in [-0.05, 0) is 49.2 Å². The normalized spacial score (nSPS) is 19.0. The Hall–Kier alpha value is -2.33. The van der Waals surface area contributed by atoms with E-state index in [2.05, 4.69) is 41.2 Å². The largest absolute Gasteiger partial charge is 0.319 e. The van der Waals surface area contributed by atoms with E-state index in [4.69, 9.17) is 0 Å². The third-order valence-corrected chi connectivity index (χ3v) is 4.61. The van der Waals surface area contributed by atoms with Crippen molar-refractivity contribution in [2.24, 2.45) is 0 Å². The van der Waals surface area contributed by atoms with Crippen LogP contribution in [0.1, 0.15) is 17.9 Å². The standard InChI is InChI=1S/C18H19N3O/c1-20-10-8-15(11-20)13-4-6-14(7-5-13)16-12-21-9-2-3-17(21)18(22)19-16/h2-7,9,12,15H,8,10-11H2,1H3,(H,19,22). The Morgan fingerprint density at radius 1 is 1.18 bits per heavy atom. The summed E-state index contributed by atoms with van der Waals surface area (Å²) in [6.45, 7) is 2.30. The van der Waals surface area contributed by atoms with Crippen molar-refractivity contribution in [1.29, 1.82) is 0 Å². The van der Waals surface area contributed by atoms with Crippen molar-refractivity contribution in [1.82, 2.24) is 14.3 Å². The second-order valence-electron chi connectivity index (χ2n) is 6.17. The van der Waals surface area contributed by atoms with Gasteiger partial charge in [0.2, 0.25) is 0 Å². The Balaban J connectivity index is 1.68. The highest BCUT2D eigenvalue weighted by Crippen LogP contribution is 2.27. The highest BCUT2D eigenvalue weighted by atomic mass is 16.1. The van der Waals surface area contributed by atoms with Crippen molar-refractivity contribution in [3.05, 3.63) is 64.7 Å². The van der Waals surface area contributed by atoms with Crippen LogP contribution in [0.3, 0.4) is 0 Å². The first-order valence-corrected chi connectivity index (χ1v) is 7.69. The second kappa shape index (κ2) is 5.14. The minimum absolute atomic E-state index is 0.0519. The molecule has 1 aromatic carbocycles. The number of aromatic amines is 1. The fourth-order valence-electron chi connectivity index (χ4n) is 3.35. The number of benzene rings is 1. The Kier molecular flexibility index (Phi) is 3.12. The predicted octanol–water partition coefficient (Wildman–Crippen LogP) is 2.71. The lowest BCUT2D eigenvalue weighted by Gasteiger charge is -2.11. The number of nitrogens with one attached hydrogen (secondary N) is 1. The van der Waals surface area contributed by atoms with Crippen LogP contribution >= 0.6 is 0 Å². The van der Waals surface area contributed by atoms with E-state index in [1.807, 2.05) is 28.9 Å². The van der Waals surface area contributed by atoms with Crippen molar-refractivity contribution in [3.63, 3.8) is 0 Å². The number of hydrogen-bond acceptors (Lipinski definition) is 2. The molecule has 1 atom stereocenters. The Morgan fingerprint density at radius 3 is 2.73 bits per heavy atom. The van der Waals surface area contributed by atoms with E-state index in [-0.39, 0.29) is 5.56 Å². The van der Waals surface area contributed by atoms with Gasteiger partial charge in [0.15, 0.2) is 0 Å². The molecule has 4 heteroatoms. The van der Waals surface area contributed by atoms with Crippen LogP contribution in [0.4, 0.5) is 0 Å². The number of hydrogen-bond donors (Lipinski definition) is 1. The maximum absolute atomic E-state index is 12.1. The maximum Gasteiger partial charge on any atom is 0.272 e. The summed E-state index contributed by atoms with van der Waals surface area (Å²) in [7, 11) is 2.17. The Morgan fingerprint density at radius 2 is 2.00 bits per heavy atom. The van der Waals surface area contributed by atoms with Crippen LogP contribution in [0, 0.1) is 0 Å². The molecule has 112 valence electrons. The molecule has 0 amide bonds. The molecule has 2 aromatic heterocycles. The molecule has 22 heavy (non-hydrogen) atoms. The van der Waals surface area contributed by atoms with Gasteiger partial charge in [-0.3, -0.25) is 4.79 Å². The molecule has 1 unspecified atom stereocenters. The highest BCUT2D eigenvalue weighted by Gasteiger charge is 2.20. The topological polar surface area (TPSA) is 40.5 Å². The van der Waals surface area contributed by atoms with E-state index in [1.54, 1.807) is 0 Å². The zero-order valence-electron chi connectivity index (χ0n) is 12.6. The molecule has 0 aliphatic carbocycles. The quantitative estimate of drug-likeness (QED) is 0.789. The number of likely N-dealkylation sites (tertiary alicyclic amines) is 1. The minimum atomic E-state index is -0.0519. The highest BCUT2D eigenvalue weighted by molar-refractivity contribution is 5.61. The first kappa shape index (κ1) is 13.3. The van der Waals surface area contributed by atoms with Gasteiger partial charge in [0.05, 0.1) is 5.69 Å². The minimum Gasteiger partial charge on any atom is -0.319 e. The predicted molar refractivity (Wildman–Crippen MR) is 88.3 cm³/mol. The van der Waals surface area contributed by atoms with Gasteiger partial charge in [0.1, 0.15) is 5.52 Å². The molecule has 0 saturated carbocycles. The van der Waals surface area contributed by atoms with E-state index in [0.29, 0.717) is 11.4 Å². The summed E-state index contributed by atoms with van der Waals surface area (Å²) in [6, 6.07) is 12.3. The van der Waals surface area contributed by atoms with Crippen molar-refractivity contribution >= 4 is 5.52 Å². The number of fused-ring (bicyclic) bond motifs is 1. The van der Waals surface area contributed by atoms with Crippen molar-refractivity contribution in [2.45, 2.75) is 12.3 Å². The maximum atomic E-state index is 12.1. The molecule has 1 fully saturated rings. The lowest BCUT2D eigenvalue weighted by Crippen LogP contribution is -2.13. The summed E-state index contributed by atoms with van der Waals surface area (Å²) < 4.78 is 1.87. The monoisotopic (exact) mass is 293 g/mol. The van der Waals surface area contributed by atoms with Crippen LogP contribution < -0.4 is 5.56 Å². The molecule has 1 N–H and O–H groups in total. The van der Waals surface area contributed by atoms with Gasteiger partial charge in [0.25, 0.3) is 5.56 Å². The fraction of sp³-hybridized carbons (Fsp3) is 0.278. The average Bonchev–Trinajstić information content (AvgIpc) is 3.16. The molecule has 3 heterocycles. The van der Waals surface area contributed by atoms with E-state index in [0.717, 1.165) is 17.8 Å². The SMILES string of the molecule is CN1CCC(c2ccc(-c3cn4cccc4c(=O)[nH]3)cc2)C1. The third kappa shape index (κ3) is 2.25. The summed E-state index contributed by atoms with van der Waals surface area (Å²) >= 11 is 0. The molecule has 1 saturated heterocycles. The smallest absolute Gasteiger partial charge is 0.272 e. The van der Waals surface area contributed by atoms with E-state index >= 15 is 0 Å². The van der Waals surface area contributed by atoms with Crippen LogP contribution in [-0.2, 0) is 0 Å². The molecule has 0 bridgehead atoms. The van der Waals surface area contributed by atoms with E-state index in [1.165, 1.54) is 18.5 Å². The van der Waals surface area contributed by atoms with Gasteiger partial charge >= 0.3 is 0 Å². The molecular formula is C18H19N3O. The van der Waals surface area contributed by atoms with Gasteiger partial charge in [-0.25, -0.2) is 0 Å². The molecule has 3 aromatic rings. The Labute approximate surface area is 129 Å². The summed E-state index contributed by atoms with van der Waals surface area (Å²) in [4.78, 5) is 17.4. The second-order valence-corrected chi connectivity index (χ2v) is 6.17. The lowest BCUT2D eigenvalue weighted by molar-refractivity contribution is 0.411. The van der Waals surface area contributed by atoms with Crippen LogP contribution in [-0.4, -0.2) is 34.4 Å². The summed E-state index contributed by atoms with van der Waals surface area (Å²) in [5, 5.41) is 0. The first-order chi connectivity index (χ1) is 10.7.